The van der Waals surface area contributed by atoms with Crippen LogP contribution in [0.5, 0.6) is 0 Å². The molecule has 0 heterocycles. The first kappa shape index (κ1) is 12.9. The second kappa shape index (κ2) is 5.87. The molecule has 0 unspecified atom stereocenters. The number of amides is 1. The van der Waals surface area contributed by atoms with Crippen LogP contribution in [0.4, 0.5) is 11.4 Å². The van der Waals surface area contributed by atoms with E-state index in [0.29, 0.717) is 18.7 Å². The minimum absolute atomic E-state index is 0.0282. The second-order valence-electron chi connectivity index (χ2n) is 4.84. The number of rotatable bonds is 6. The van der Waals surface area contributed by atoms with Crippen LogP contribution in [0.25, 0.3) is 0 Å². The summed E-state index contributed by atoms with van der Waals surface area (Å²) in [6.45, 7) is 3.18. The lowest BCUT2D eigenvalue weighted by Crippen LogP contribution is -2.15. The van der Waals surface area contributed by atoms with Gasteiger partial charge in [-0.25, -0.2) is 0 Å². The molecule has 0 saturated heterocycles. The van der Waals surface area contributed by atoms with Crippen molar-refractivity contribution in [1.82, 2.24) is 0 Å². The maximum absolute atomic E-state index is 11.7. The van der Waals surface area contributed by atoms with Crippen molar-refractivity contribution in [2.24, 2.45) is 5.92 Å². The van der Waals surface area contributed by atoms with Crippen LogP contribution >= 0.6 is 0 Å². The molecule has 2 rings (SSSR count). The van der Waals surface area contributed by atoms with Gasteiger partial charge in [-0.05, 0) is 43.4 Å². The Kier molecular flexibility index (Phi) is 4.20. The molecule has 4 heteroatoms. The van der Waals surface area contributed by atoms with Crippen LogP contribution in [0, 0.1) is 12.8 Å². The summed E-state index contributed by atoms with van der Waals surface area (Å²) in [6, 6.07) is 5.51. The lowest BCUT2D eigenvalue weighted by molar-refractivity contribution is -0.117. The molecule has 0 bridgehead atoms. The molecule has 1 amide bonds. The molecule has 0 aliphatic heterocycles. The summed E-state index contributed by atoms with van der Waals surface area (Å²) < 4.78 is 5.43. The van der Waals surface area contributed by atoms with E-state index < -0.39 is 0 Å². The number of benzene rings is 1. The number of nitrogens with one attached hydrogen (secondary N) is 1. The average molecular weight is 248 g/mol. The molecule has 1 aliphatic carbocycles. The van der Waals surface area contributed by atoms with Gasteiger partial charge in [-0.3, -0.25) is 4.79 Å². The molecule has 1 fully saturated rings. The van der Waals surface area contributed by atoms with Gasteiger partial charge < -0.3 is 15.8 Å². The fourth-order valence-corrected chi connectivity index (χ4v) is 1.70. The zero-order valence-corrected chi connectivity index (χ0v) is 10.7. The van der Waals surface area contributed by atoms with Gasteiger partial charge in [-0.1, -0.05) is 6.07 Å². The summed E-state index contributed by atoms with van der Waals surface area (Å²) in [5.41, 5.74) is 8.16. The molecule has 1 aromatic rings. The van der Waals surface area contributed by atoms with E-state index in [-0.39, 0.29) is 5.91 Å². The number of anilines is 2. The topological polar surface area (TPSA) is 64.3 Å². The number of nitrogen functional groups attached to an aromatic ring is 1. The minimum Gasteiger partial charge on any atom is -0.398 e. The molecule has 1 aromatic carbocycles. The van der Waals surface area contributed by atoms with Gasteiger partial charge in [0, 0.05) is 18.0 Å². The normalized spacial score (nSPS) is 14.5. The highest BCUT2D eigenvalue weighted by Gasteiger charge is 2.21. The Hall–Kier alpha value is -1.55. The van der Waals surface area contributed by atoms with Crippen LogP contribution in [0.2, 0.25) is 0 Å². The van der Waals surface area contributed by atoms with E-state index in [1.54, 1.807) is 0 Å². The smallest absolute Gasteiger partial charge is 0.226 e. The summed E-state index contributed by atoms with van der Waals surface area (Å²) in [7, 11) is 0. The van der Waals surface area contributed by atoms with Gasteiger partial charge in [0.2, 0.25) is 5.91 Å². The van der Waals surface area contributed by atoms with E-state index in [0.717, 1.165) is 23.8 Å². The largest absolute Gasteiger partial charge is 0.398 e. The molecule has 0 radical (unpaired) electrons. The number of carbonyl (C=O) groups excluding carboxylic acids is 1. The van der Waals surface area contributed by atoms with Gasteiger partial charge in [0.05, 0.1) is 13.0 Å². The van der Waals surface area contributed by atoms with E-state index in [1.165, 1.54) is 12.8 Å². The number of ether oxygens (including phenoxy) is 1. The highest BCUT2D eigenvalue weighted by molar-refractivity contribution is 5.92. The third-order valence-electron chi connectivity index (χ3n) is 3.17. The van der Waals surface area contributed by atoms with Gasteiger partial charge >= 0.3 is 0 Å². The van der Waals surface area contributed by atoms with Gasteiger partial charge in [-0.15, -0.1) is 0 Å². The Morgan fingerprint density at radius 1 is 1.50 bits per heavy atom. The zero-order valence-electron chi connectivity index (χ0n) is 10.7. The Morgan fingerprint density at radius 3 is 3.00 bits per heavy atom. The van der Waals surface area contributed by atoms with Crippen LogP contribution in [-0.2, 0) is 9.53 Å². The maximum Gasteiger partial charge on any atom is 0.226 e. The molecule has 0 spiro atoms. The molecule has 18 heavy (non-hydrogen) atoms. The third kappa shape index (κ3) is 3.74. The molecule has 0 aromatic heterocycles. The van der Waals surface area contributed by atoms with Gasteiger partial charge in [0.25, 0.3) is 0 Å². The summed E-state index contributed by atoms with van der Waals surface area (Å²) in [5, 5.41) is 2.86. The first-order valence-corrected chi connectivity index (χ1v) is 6.39. The fraction of sp³-hybridized carbons (Fsp3) is 0.500. The van der Waals surface area contributed by atoms with Crippen molar-refractivity contribution in [3.8, 4) is 0 Å². The molecule has 1 saturated carbocycles. The predicted molar refractivity (Wildman–Crippen MR) is 72.4 cm³/mol. The van der Waals surface area contributed by atoms with Crippen molar-refractivity contribution < 1.29 is 9.53 Å². The quantitative estimate of drug-likeness (QED) is 0.600. The number of hydrogen-bond donors (Lipinski definition) is 2. The van der Waals surface area contributed by atoms with Crippen LogP contribution in [-0.4, -0.2) is 19.1 Å². The molecular weight excluding hydrogens is 228 g/mol. The van der Waals surface area contributed by atoms with Crippen molar-refractivity contribution in [2.75, 3.05) is 24.3 Å². The van der Waals surface area contributed by atoms with E-state index >= 15 is 0 Å². The predicted octanol–water partition coefficient (Wildman–Crippen LogP) is 2.33. The summed E-state index contributed by atoms with van der Waals surface area (Å²) in [5.74, 6) is 0.712. The molecule has 98 valence electrons. The third-order valence-corrected chi connectivity index (χ3v) is 3.17. The SMILES string of the molecule is Cc1c(N)cccc1NC(=O)CCOCC1CC1. The Bertz CT molecular complexity index is 428. The summed E-state index contributed by atoms with van der Waals surface area (Å²) in [4.78, 5) is 11.7. The average Bonchev–Trinajstić information content (AvgIpc) is 3.15. The van der Waals surface area contributed by atoms with E-state index in [2.05, 4.69) is 5.32 Å². The zero-order chi connectivity index (χ0) is 13.0. The molecule has 1 aliphatic rings. The lowest BCUT2D eigenvalue weighted by atomic mass is 10.1. The van der Waals surface area contributed by atoms with E-state index in [9.17, 15) is 4.79 Å². The summed E-state index contributed by atoms with van der Waals surface area (Å²) >= 11 is 0. The van der Waals surface area contributed by atoms with Crippen molar-refractivity contribution in [2.45, 2.75) is 26.2 Å². The van der Waals surface area contributed by atoms with Crippen molar-refractivity contribution in [1.29, 1.82) is 0 Å². The first-order valence-electron chi connectivity index (χ1n) is 6.39. The highest BCUT2D eigenvalue weighted by atomic mass is 16.5. The van der Waals surface area contributed by atoms with E-state index in [1.807, 2.05) is 25.1 Å². The molecule has 0 atom stereocenters. The second-order valence-corrected chi connectivity index (χ2v) is 4.84. The van der Waals surface area contributed by atoms with Gasteiger partial charge in [0.15, 0.2) is 0 Å². The number of carbonyl (C=O) groups is 1. The summed E-state index contributed by atoms with van der Waals surface area (Å²) in [6.07, 6.45) is 2.93. The van der Waals surface area contributed by atoms with Crippen LogP contribution in [0.15, 0.2) is 18.2 Å². The Morgan fingerprint density at radius 2 is 2.28 bits per heavy atom. The van der Waals surface area contributed by atoms with Gasteiger partial charge in [0.1, 0.15) is 0 Å². The number of nitrogens with two attached hydrogens (primary N) is 1. The Balaban J connectivity index is 1.73. The molecular formula is C14H20N2O2. The fourth-order valence-electron chi connectivity index (χ4n) is 1.70. The lowest BCUT2D eigenvalue weighted by Gasteiger charge is -2.10. The standard InChI is InChI=1S/C14H20N2O2/c1-10-12(15)3-2-4-13(10)16-14(17)7-8-18-9-11-5-6-11/h2-4,11H,5-9,15H2,1H3,(H,16,17). The molecule has 3 N–H and O–H groups in total. The maximum atomic E-state index is 11.7. The van der Waals surface area contributed by atoms with Crippen molar-refractivity contribution in [3.63, 3.8) is 0 Å². The monoisotopic (exact) mass is 248 g/mol. The van der Waals surface area contributed by atoms with Crippen molar-refractivity contribution in [3.05, 3.63) is 23.8 Å². The van der Waals surface area contributed by atoms with Crippen LogP contribution < -0.4 is 11.1 Å². The van der Waals surface area contributed by atoms with Crippen molar-refractivity contribution >= 4 is 17.3 Å². The number of hydrogen-bond acceptors (Lipinski definition) is 3. The minimum atomic E-state index is -0.0282. The van der Waals surface area contributed by atoms with Crippen LogP contribution in [0.3, 0.4) is 0 Å². The van der Waals surface area contributed by atoms with Crippen LogP contribution in [0.1, 0.15) is 24.8 Å². The Labute approximate surface area is 108 Å². The first-order chi connectivity index (χ1) is 8.66. The highest BCUT2D eigenvalue weighted by Crippen LogP contribution is 2.28. The van der Waals surface area contributed by atoms with E-state index in [4.69, 9.17) is 10.5 Å². The molecule has 4 nitrogen and oxygen atoms in total. The van der Waals surface area contributed by atoms with Gasteiger partial charge in [-0.2, -0.15) is 0 Å².